The van der Waals surface area contributed by atoms with Crippen LogP contribution in [0.4, 0.5) is 8.78 Å². The third-order valence-corrected chi connectivity index (χ3v) is 4.90. The second kappa shape index (κ2) is 10.2. The van der Waals surface area contributed by atoms with E-state index in [4.69, 9.17) is 9.47 Å². The molecule has 2 aromatic carbocycles. The summed E-state index contributed by atoms with van der Waals surface area (Å²) in [6.07, 6.45) is 3.61. The van der Waals surface area contributed by atoms with Gasteiger partial charge in [0.2, 0.25) is 0 Å². The number of ether oxygens (including phenoxy) is 2. The van der Waals surface area contributed by atoms with E-state index in [-0.39, 0.29) is 11.8 Å². The molecule has 1 N–H and O–H groups in total. The van der Waals surface area contributed by atoms with E-state index < -0.39 is 6.61 Å². The number of nitrogens with one attached hydrogen (secondary N) is 1. The van der Waals surface area contributed by atoms with E-state index >= 15 is 0 Å². The van der Waals surface area contributed by atoms with Crippen LogP contribution in [0, 0.1) is 0 Å². The summed E-state index contributed by atoms with van der Waals surface area (Å²) in [4.78, 5) is 6.20. The van der Waals surface area contributed by atoms with Gasteiger partial charge in [-0.1, -0.05) is 36.4 Å². The van der Waals surface area contributed by atoms with Gasteiger partial charge in [-0.25, -0.2) is 0 Å². The Morgan fingerprint density at radius 3 is 2.54 bits per heavy atom. The highest BCUT2D eigenvalue weighted by atomic mass is 19.3. The molecule has 0 spiro atoms. The van der Waals surface area contributed by atoms with Crippen molar-refractivity contribution in [1.82, 2.24) is 0 Å². The molecule has 1 heterocycles. The van der Waals surface area contributed by atoms with Crippen LogP contribution in [0.5, 0.6) is 11.5 Å². The second-order valence-electron chi connectivity index (χ2n) is 6.91. The van der Waals surface area contributed by atoms with Crippen LogP contribution in [-0.4, -0.2) is 38.6 Å². The average Bonchev–Trinajstić information content (AvgIpc) is 2.70. The molecule has 1 aliphatic rings. The van der Waals surface area contributed by atoms with E-state index in [0.29, 0.717) is 17.9 Å². The number of quaternary nitrogens is 1. The Morgan fingerprint density at radius 1 is 1.11 bits per heavy atom. The minimum absolute atomic E-state index is 0.0511. The normalized spacial score (nSPS) is 19.9. The van der Waals surface area contributed by atoms with Crippen molar-refractivity contribution in [2.75, 3.05) is 19.7 Å². The topological polar surface area (TPSA) is 35.3 Å². The number of para-hydroxylation sites is 1. The zero-order valence-electron chi connectivity index (χ0n) is 16.1. The van der Waals surface area contributed by atoms with Gasteiger partial charge in [-0.3, -0.25) is 4.99 Å². The Hall–Kier alpha value is -2.47. The van der Waals surface area contributed by atoms with Gasteiger partial charge in [-0.2, -0.15) is 8.78 Å². The summed E-state index contributed by atoms with van der Waals surface area (Å²) in [5.74, 6) is 0.365. The van der Waals surface area contributed by atoms with Crippen LogP contribution >= 0.6 is 0 Å². The predicted octanol–water partition coefficient (Wildman–Crippen LogP) is 3.35. The maximum absolute atomic E-state index is 12.8. The summed E-state index contributed by atoms with van der Waals surface area (Å²) in [6, 6.07) is 15.8. The van der Waals surface area contributed by atoms with Crippen molar-refractivity contribution in [3.63, 3.8) is 0 Å². The number of alkyl halides is 2. The zero-order valence-corrected chi connectivity index (χ0v) is 16.1. The predicted molar refractivity (Wildman–Crippen MR) is 106 cm³/mol. The molecular weight excluding hydrogens is 362 g/mol. The molecule has 4 nitrogen and oxygen atoms in total. The molecular formula is C22H27F2N2O2+. The number of hydrogen-bond acceptors (Lipinski definition) is 3. The minimum atomic E-state index is -2.90. The molecule has 0 atom stereocenters. The maximum atomic E-state index is 12.8. The number of piperidine rings is 1. The molecule has 6 heteroatoms. The third-order valence-electron chi connectivity index (χ3n) is 4.90. The Balaban J connectivity index is 1.61. The molecule has 0 radical (unpaired) electrons. The van der Waals surface area contributed by atoms with Crippen LogP contribution in [0.1, 0.15) is 30.9 Å². The van der Waals surface area contributed by atoms with Crippen molar-refractivity contribution in [2.45, 2.75) is 39.0 Å². The molecule has 1 fully saturated rings. The van der Waals surface area contributed by atoms with Gasteiger partial charge in [0.05, 0.1) is 25.7 Å². The monoisotopic (exact) mass is 389 g/mol. The van der Waals surface area contributed by atoms with E-state index in [9.17, 15) is 8.78 Å². The van der Waals surface area contributed by atoms with Gasteiger partial charge < -0.3 is 14.4 Å². The van der Waals surface area contributed by atoms with Gasteiger partial charge in [0.15, 0.2) is 11.5 Å². The molecule has 150 valence electrons. The number of hydrogen-bond donors (Lipinski definition) is 1. The van der Waals surface area contributed by atoms with Crippen LogP contribution in [0.2, 0.25) is 0 Å². The lowest BCUT2D eigenvalue weighted by atomic mass is 10.0. The number of likely N-dealkylation sites (tertiary alicyclic amines) is 1. The van der Waals surface area contributed by atoms with Crippen molar-refractivity contribution in [3.8, 4) is 11.5 Å². The molecule has 0 aromatic heterocycles. The van der Waals surface area contributed by atoms with E-state index in [1.807, 2.05) is 6.07 Å². The molecule has 2 aromatic rings. The van der Waals surface area contributed by atoms with Crippen molar-refractivity contribution in [1.29, 1.82) is 0 Å². The Morgan fingerprint density at radius 2 is 1.86 bits per heavy atom. The van der Waals surface area contributed by atoms with Gasteiger partial charge >= 0.3 is 6.61 Å². The maximum Gasteiger partial charge on any atom is 0.387 e. The fraction of sp³-hybridized carbons (Fsp3) is 0.409. The number of aliphatic imine (C=N–C) groups is 1. The number of halogens is 2. The quantitative estimate of drug-likeness (QED) is 0.703. The summed E-state index contributed by atoms with van der Waals surface area (Å²) in [5, 5.41) is 0. The average molecular weight is 389 g/mol. The Kier molecular flexibility index (Phi) is 7.37. The standard InChI is InChI=1S/C22H26F2N2O2/c1-2-27-20-10-6-9-18(21(20)28-22(23)24)15-25-19-11-13-26(14-12-19)16-17-7-4-3-5-8-17/h3-10,15,19,22H,2,11-14,16H2,1H3/p+1. The first kappa shape index (κ1) is 20.3. The molecule has 0 saturated carbocycles. The van der Waals surface area contributed by atoms with E-state index in [0.717, 1.165) is 32.5 Å². The fourth-order valence-corrected chi connectivity index (χ4v) is 3.53. The van der Waals surface area contributed by atoms with Crippen molar-refractivity contribution in [3.05, 3.63) is 59.7 Å². The van der Waals surface area contributed by atoms with Crippen LogP contribution in [0.15, 0.2) is 53.5 Å². The Bertz CT molecular complexity index is 760. The van der Waals surface area contributed by atoms with E-state index in [1.165, 1.54) is 5.56 Å². The van der Waals surface area contributed by atoms with Gasteiger partial charge in [0.25, 0.3) is 0 Å². The summed E-state index contributed by atoms with van der Waals surface area (Å²) in [6.45, 7) is 2.41. The summed E-state index contributed by atoms with van der Waals surface area (Å²) in [7, 11) is 0. The minimum Gasteiger partial charge on any atom is -0.490 e. The molecule has 0 bridgehead atoms. The van der Waals surface area contributed by atoms with Crippen molar-refractivity contribution < 1.29 is 23.2 Å². The molecule has 0 amide bonds. The molecule has 28 heavy (non-hydrogen) atoms. The summed E-state index contributed by atoms with van der Waals surface area (Å²) >= 11 is 0. The van der Waals surface area contributed by atoms with E-state index in [2.05, 4.69) is 29.3 Å². The molecule has 0 unspecified atom stereocenters. The summed E-state index contributed by atoms with van der Waals surface area (Å²) in [5.41, 5.74) is 1.87. The molecule has 0 aliphatic carbocycles. The Labute approximate surface area is 164 Å². The lowest BCUT2D eigenvalue weighted by molar-refractivity contribution is -0.918. The third kappa shape index (κ3) is 5.76. The van der Waals surface area contributed by atoms with Crippen LogP contribution in [0.3, 0.4) is 0 Å². The van der Waals surface area contributed by atoms with Crippen molar-refractivity contribution >= 4 is 6.21 Å². The first-order chi connectivity index (χ1) is 13.7. The van der Waals surface area contributed by atoms with Crippen LogP contribution < -0.4 is 14.4 Å². The highest BCUT2D eigenvalue weighted by Gasteiger charge is 2.22. The molecule has 1 saturated heterocycles. The zero-order chi connectivity index (χ0) is 19.8. The highest BCUT2D eigenvalue weighted by Crippen LogP contribution is 2.32. The smallest absolute Gasteiger partial charge is 0.387 e. The second-order valence-corrected chi connectivity index (χ2v) is 6.91. The first-order valence-electron chi connectivity index (χ1n) is 9.77. The number of nitrogens with zero attached hydrogens (tertiary/aromatic N) is 1. The fourth-order valence-electron chi connectivity index (χ4n) is 3.53. The SMILES string of the molecule is CCOc1cccc(C=NC2CC[NH+](Cc3ccccc3)CC2)c1OC(F)F. The van der Waals surface area contributed by atoms with Crippen LogP contribution in [-0.2, 0) is 6.54 Å². The van der Waals surface area contributed by atoms with Gasteiger partial charge in [-0.05, 0) is 19.1 Å². The highest BCUT2D eigenvalue weighted by molar-refractivity contribution is 5.85. The lowest BCUT2D eigenvalue weighted by Gasteiger charge is -2.27. The largest absolute Gasteiger partial charge is 0.490 e. The van der Waals surface area contributed by atoms with Gasteiger partial charge in [0.1, 0.15) is 6.54 Å². The van der Waals surface area contributed by atoms with Gasteiger partial charge in [0, 0.05) is 30.2 Å². The lowest BCUT2D eigenvalue weighted by Crippen LogP contribution is -3.12. The first-order valence-corrected chi connectivity index (χ1v) is 9.77. The molecule has 3 rings (SSSR count). The number of benzene rings is 2. The van der Waals surface area contributed by atoms with Gasteiger partial charge in [-0.15, -0.1) is 0 Å². The van der Waals surface area contributed by atoms with Crippen LogP contribution in [0.25, 0.3) is 0 Å². The molecule has 1 aliphatic heterocycles. The summed E-state index contributed by atoms with van der Waals surface area (Å²) < 4.78 is 35.7. The van der Waals surface area contributed by atoms with Crippen molar-refractivity contribution in [2.24, 2.45) is 4.99 Å². The number of rotatable bonds is 8. The van der Waals surface area contributed by atoms with E-state index in [1.54, 1.807) is 36.2 Å².